The van der Waals surface area contributed by atoms with E-state index in [9.17, 15) is 18.8 Å². The first kappa shape index (κ1) is 27.1. The van der Waals surface area contributed by atoms with Crippen LogP contribution in [0.25, 0.3) is 0 Å². The first-order valence-corrected chi connectivity index (χ1v) is 9.95. The third kappa shape index (κ3) is 13.9. The highest BCUT2D eigenvalue weighted by molar-refractivity contribution is 5.83. The maximum Gasteiger partial charge on any atom is 0.408 e. The van der Waals surface area contributed by atoms with Crippen molar-refractivity contribution >= 4 is 18.0 Å². The number of esters is 2. The molecule has 8 heteroatoms. The van der Waals surface area contributed by atoms with Crippen molar-refractivity contribution in [2.75, 3.05) is 6.67 Å². The summed E-state index contributed by atoms with van der Waals surface area (Å²) in [6.07, 6.45) is -0.567. The van der Waals surface area contributed by atoms with Gasteiger partial charge < -0.3 is 19.5 Å². The van der Waals surface area contributed by atoms with Gasteiger partial charge in [-0.2, -0.15) is 0 Å². The van der Waals surface area contributed by atoms with Crippen LogP contribution in [-0.2, 0) is 23.8 Å². The largest absolute Gasteiger partial charge is 0.460 e. The van der Waals surface area contributed by atoms with Crippen LogP contribution >= 0.6 is 0 Å². The molecule has 0 aromatic carbocycles. The molecule has 0 spiro atoms. The van der Waals surface area contributed by atoms with Crippen LogP contribution in [0.1, 0.15) is 81.6 Å². The van der Waals surface area contributed by atoms with Crippen molar-refractivity contribution in [3.8, 4) is 0 Å². The third-order valence-corrected chi connectivity index (χ3v) is 3.33. The molecule has 29 heavy (non-hydrogen) atoms. The quantitative estimate of drug-likeness (QED) is 0.465. The van der Waals surface area contributed by atoms with Crippen molar-refractivity contribution in [2.45, 2.75) is 104 Å². The Balaban J connectivity index is 5.53. The van der Waals surface area contributed by atoms with Gasteiger partial charge in [-0.05, 0) is 81.6 Å². The Morgan fingerprint density at radius 3 is 1.66 bits per heavy atom. The van der Waals surface area contributed by atoms with Gasteiger partial charge >= 0.3 is 18.0 Å². The Kier molecular flexibility index (Phi) is 10.1. The summed E-state index contributed by atoms with van der Waals surface area (Å²) < 4.78 is 28.7. The lowest BCUT2D eigenvalue weighted by molar-refractivity contribution is -0.163. The molecule has 7 nitrogen and oxygen atoms in total. The number of carbonyl (C=O) groups excluding carboxylic acids is 3. The van der Waals surface area contributed by atoms with E-state index in [0.717, 1.165) is 0 Å². The molecule has 0 fully saturated rings. The zero-order chi connectivity index (χ0) is 23.0. The van der Waals surface area contributed by atoms with E-state index in [4.69, 9.17) is 14.2 Å². The van der Waals surface area contributed by atoms with Crippen LogP contribution in [0.4, 0.5) is 9.18 Å². The molecule has 0 rings (SSSR count). The standard InChI is InChI=1S/C21H38FNO6/c1-19(2,3)27-16(24)14(11-10-12-22)13-15(17(25)28-20(4,5)6)23-18(26)29-21(7,8)9/h14-15H,10-13H2,1-9H3,(H,23,26)/t14-,15-/m0/s1. The highest BCUT2D eigenvalue weighted by atomic mass is 19.1. The van der Waals surface area contributed by atoms with E-state index in [2.05, 4.69) is 5.32 Å². The number of halogens is 1. The van der Waals surface area contributed by atoms with Crippen molar-refractivity contribution in [1.29, 1.82) is 0 Å². The number of carbonyl (C=O) groups is 3. The number of hydrogen-bond acceptors (Lipinski definition) is 6. The molecule has 1 amide bonds. The fourth-order valence-electron chi connectivity index (χ4n) is 2.36. The second kappa shape index (κ2) is 10.8. The SMILES string of the molecule is CC(C)(C)OC(=O)N[C@@H](C[C@H](CCCF)C(=O)OC(C)(C)C)C(=O)OC(C)(C)C. The Hall–Kier alpha value is -1.86. The number of amides is 1. The highest BCUT2D eigenvalue weighted by Gasteiger charge is 2.34. The molecule has 0 saturated heterocycles. The normalized spacial score (nSPS) is 14.6. The number of ether oxygens (including phenoxy) is 3. The molecule has 0 unspecified atom stereocenters. The third-order valence-electron chi connectivity index (χ3n) is 3.33. The minimum atomic E-state index is -1.14. The lowest BCUT2D eigenvalue weighted by atomic mass is 9.94. The molecule has 0 aliphatic heterocycles. The maximum atomic E-state index is 12.7. The van der Waals surface area contributed by atoms with Gasteiger partial charge in [0.15, 0.2) is 0 Å². The molecule has 2 atom stereocenters. The number of alkyl carbamates (subject to hydrolysis) is 1. The molecule has 0 aliphatic rings. The van der Waals surface area contributed by atoms with E-state index in [1.165, 1.54) is 0 Å². The van der Waals surface area contributed by atoms with Crippen LogP contribution in [0.15, 0.2) is 0 Å². The fourth-order valence-corrected chi connectivity index (χ4v) is 2.36. The Morgan fingerprint density at radius 1 is 0.793 bits per heavy atom. The molecular formula is C21H38FNO6. The van der Waals surface area contributed by atoms with Gasteiger partial charge in [-0.1, -0.05) is 0 Å². The fraction of sp³-hybridized carbons (Fsp3) is 0.857. The summed E-state index contributed by atoms with van der Waals surface area (Å²) in [5.41, 5.74) is -2.28. The summed E-state index contributed by atoms with van der Waals surface area (Å²) >= 11 is 0. The van der Waals surface area contributed by atoms with Crippen molar-refractivity contribution in [1.82, 2.24) is 5.32 Å². The number of alkyl halides is 1. The molecule has 0 heterocycles. The van der Waals surface area contributed by atoms with Crippen LogP contribution in [0, 0.1) is 5.92 Å². The van der Waals surface area contributed by atoms with Crippen molar-refractivity contribution in [3.63, 3.8) is 0 Å². The smallest absolute Gasteiger partial charge is 0.408 e. The first-order valence-electron chi connectivity index (χ1n) is 9.95. The van der Waals surface area contributed by atoms with E-state index in [1.807, 2.05) is 0 Å². The molecule has 0 aliphatic carbocycles. The minimum absolute atomic E-state index is 0.0803. The van der Waals surface area contributed by atoms with E-state index in [0.29, 0.717) is 0 Å². The minimum Gasteiger partial charge on any atom is -0.460 e. The molecule has 1 N–H and O–H groups in total. The van der Waals surface area contributed by atoms with Crippen LogP contribution in [0.2, 0.25) is 0 Å². The average Bonchev–Trinajstić information content (AvgIpc) is 2.44. The molecule has 0 aromatic rings. The van der Waals surface area contributed by atoms with Crippen molar-refractivity contribution in [2.24, 2.45) is 5.92 Å². The van der Waals surface area contributed by atoms with Gasteiger partial charge in [0.25, 0.3) is 0 Å². The predicted octanol–water partition coefficient (Wildman–Crippen LogP) is 4.32. The van der Waals surface area contributed by atoms with Gasteiger partial charge in [-0.25, -0.2) is 9.59 Å². The van der Waals surface area contributed by atoms with Crippen molar-refractivity contribution < 1.29 is 33.0 Å². The van der Waals surface area contributed by atoms with E-state index in [-0.39, 0.29) is 19.3 Å². The van der Waals surface area contributed by atoms with E-state index >= 15 is 0 Å². The Labute approximate surface area is 174 Å². The molecule has 170 valence electrons. The summed E-state index contributed by atoms with van der Waals surface area (Å²) in [7, 11) is 0. The summed E-state index contributed by atoms with van der Waals surface area (Å²) in [6.45, 7) is 14.7. The summed E-state index contributed by atoms with van der Waals surface area (Å²) in [6, 6.07) is -1.14. The molecule has 0 radical (unpaired) electrons. The number of hydrogen-bond donors (Lipinski definition) is 1. The summed E-state index contributed by atoms with van der Waals surface area (Å²) in [5, 5.41) is 2.48. The molecule has 0 saturated carbocycles. The van der Waals surface area contributed by atoms with Crippen LogP contribution < -0.4 is 5.32 Å². The van der Waals surface area contributed by atoms with Gasteiger partial charge in [-0.3, -0.25) is 9.18 Å². The summed E-state index contributed by atoms with van der Waals surface area (Å²) in [5.74, 6) is -2.03. The second-order valence-corrected chi connectivity index (χ2v) is 10.0. The first-order chi connectivity index (χ1) is 12.9. The van der Waals surface area contributed by atoms with Crippen LogP contribution in [0.3, 0.4) is 0 Å². The van der Waals surface area contributed by atoms with Gasteiger partial charge in [0, 0.05) is 0 Å². The zero-order valence-electron chi connectivity index (χ0n) is 19.3. The predicted molar refractivity (Wildman–Crippen MR) is 108 cm³/mol. The van der Waals surface area contributed by atoms with Gasteiger partial charge in [-0.15, -0.1) is 0 Å². The Bertz CT molecular complexity index is 557. The van der Waals surface area contributed by atoms with Gasteiger partial charge in [0.2, 0.25) is 0 Å². The van der Waals surface area contributed by atoms with Gasteiger partial charge in [0.1, 0.15) is 22.8 Å². The second-order valence-electron chi connectivity index (χ2n) is 10.0. The average molecular weight is 420 g/mol. The van der Waals surface area contributed by atoms with E-state index in [1.54, 1.807) is 62.3 Å². The highest BCUT2D eigenvalue weighted by Crippen LogP contribution is 2.22. The lowest BCUT2D eigenvalue weighted by Crippen LogP contribution is -2.47. The zero-order valence-corrected chi connectivity index (χ0v) is 19.3. The molecule has 0 bridgehead atoms. The van der Waals surface area contributed by atoms with Gasteiger partial charge in [0.05, 0.1) is 12.6 Å². The van der Waals surface area contributed by atoms with Crippen LogP contribution in [0.5, 0.6) is 0 Å². The maximum absolute atomic E-state index is 12.7. The topological polar surface area (TPSA) is 90.9 Å². The van der Waals surface area contributed by atoms with Crippen molar-refractivity contribution in [3.05, 3.63) is 0 Å². The monoisotopic (exact) mass is 419 g/mol. The Morgan fingerprint density at radius 2 is 1.24 bits per heavy atom. The van der Waals surface area contributed by atoms with E-state index < -0.39 is 53.5 Å². The van der Waals surface area contributed by atoms with Crippen LogP contribution in [-0.4, -0.2) is 47.6 Å². The molecule has 0 aromatic heterocycles. The number of rotatable bonds is 8. The number of nitrogens with one attached hydrogen (secondary N) is 1. The molecular weight excluding hydrogens is 381 g/mol. The summed E-state index contributed by atoms with van der Waals surface area (Å²) in [4.78, 5) is 37.5. The lowest BCUT2D eigenvalue weighted by Gasteiger charge is -2.29.